The fourth-order valence-electron chi connectivity index (χ4n) is 1.20. The highest BCUT2D eigenvalue weighted by atomic mass is 32.1. The van der Waals surface area contributed by atoms with Crippen molar-refractivity contribution in [2.24, 2.45) is 0 Å². The third kappa shape index (κ3) is 2.22. The van der Waals surface area contributed by atoms with Crippen LogP contribution in [0.5, 0.6) is 0 Å². The predicted molar refractivity (Wildman–Crippen MR) is 56.8 cm³/mol. The molecule has 0 aliphatic heterocycles. The minimum Gasteiger partial charge on any atom is -0.333 e. The molecule has 2 aromatic rings. The fraction of sp³-hybridized carbons (Fsp3) is 0.375. The van der Waals surface area contributed by atoms with Crippen molar-refractivity contribution in [3.63, 3.8) is 0 Å². The Morgan fingerprint density at radius 1 is 1.62 bits per heavy atom. The van der Waals surface area contributed by atoms with Gasteiger partial charge in [0, 0.05) is 12.4 Å². The molecule has 2 heterocycles. The summed E-state index contributed by atoms with van der Waals surface area (Å²) in [5, 5.41) is 12.0. The summed E-state index contributed by atoms with van der Waals surface area (Å²) in [6, 6.07) is 0. The maximum Gasteiger partial charge on any atom is 0.275 e. The molecule has 0 bridgehead atoms. The monoisotopic (exact) mass is 238 g/mol. The number of aromatic nitrogens is 5. The van der Waals surface area contributed by atoms with Crippen molar-refractivity contribution in [1.29, 1.82) is 0 Å². The molecule has 7 nitrogen and oxygen atoms in total. The van der Waals surface area contributed by atoms with Gasteiger partial charge in [0.1, 0.15) is 5.82 Å². The predicted octanol–water partition coefficient (Wildman–Crippen LogP) is 0.237. The van der Waals surface area contributed by atoms with E-state index in [0.717, 1.165) is 17.4 Å². The average molecular weight is 238 g/mol. The molecule has 0 aliphatic rings. The van der Waals surface area contributed by atoms with Crippen LogP contribution in [0, 0.1) is 6.92 Å². The SMILES string of the molecule is Cc1nc(CN(C)C(=O)c2csnn2)n[nH]1. The first kappa shape index (κ1) is 10.7. The molecule has 0 saturated carbocycles. The second-order valence-corrected chi connectivity index (χ2v) is 3.90. The van der Waals surface area contributed by atoms with E-state index in [-0.39, 0.29) is 5.91 Å². The number of carbonyl (C=O) groups excluding carboxylic acids is 1. The van der Waals surface area contributed by atoms with Crippen LogP contribution in [0.3, 0.4) is 0 Å². The summed E-state index contributed by atoms with van der Waals surface area (Å²) in [6.07, 6.45) is 0. The van der Waals surface area contributed by atoms with E-state index >= 15 is 0 Å². The van der Waals surface area contributed by atoms with Crippen molar-refractivity contribution < 1.29 is 4.79 Å². The molecular formula is C8H10N6OS. The molecule has 0 saturated heterocycles. The molecular weight excluding hydrogens is 228 g/mol. The molecule has 0 radical (unpaired) electrons. The van der Waals surface area contributed by atoms with Crippen LogP contribution in [-0.4, -0.2) is 42.6 Å². The molecule has 0 aliphatic carbocycles. The topological polar surface area (TPSA) is 87.7 Å². The molecule has 8 heteroatoms. The summed E-state index contributed by atoms with van der Waals surface area (Å²) in [5.41, 5.74) is 0.347. The van der Waals surface area contributed by atoms with Crippen LogP contribution in [0.2, 0.25) is 0 Å². The molecule has 2 rings (SSSR count). The molecule has 0 fully saturated rings. The zero-order valence-electron chi connectivity index (χ0n) is 8.84. The van der Waals surface area contributed by atoms with Gasteiger partial charge in [-0.25, -0.2) is 4.98 Å². The Kier molecular flexibility index (Phi) is 2.91. The van der Waals surface area contributed by atoms with Crippen LogP contribution in [0.25, 0.3) is 0 Å². The summed E-state index contributed by atoms with van der Waals surface area (Å²) in [5.74, 6) is 1.12. The maximum absolute atomic E-state index is 11.8. The fourth-order valence-corrected chi connectivity index (χ4v) is 1.63. The second kappa shape index (κ2) is 4.35. The molecule has 1 amide bonds. The van der Waals surface area contributed by atoms with Crippen molar-refractivity contribution in [1.82, 2.24) is 29.7 Å². The van der Waals surface area contributed by atoms with Crippen LogP contribution in [0.15, 0.2) is 5.38 Å². The smallest absolute Gasteiger partial charge is 0.275 e. The van der Waals surface area contributed by atoms with E-state index in [1.54, 1.807) is 12.4 Å². The zero-order valence-corrected chi connectivity index (χ0v) is 9.65. The van der Waals surface area contributed by atoms with E-state index in [2.05, 4.69) is 24.8 Å². The van der Waals surface area contributed by atoms with Gasteiger partial charge >= 0.3 is 0 Å². The minimum absolute atomic E-state index is 0.184. The Labute approximate surface area is 95.7 Å². The van der Waals surface area contributed by atoms with Gasteiger partial charge in [-0.2, -0.15) is 5.10 Å². The van der Waals surface area contributed by atoms with Crippen molar-refractivity contribution in [2.45, 2.75) is 13.5 Å². The molecule has 2 aromatic heterocycles. The van der Waals surface area contributed by atoms with Crippen molar-refractivity contribution in [2.75, 3.05) is 7.05 Å². The summed E-state index contributed by atoms with van der Waals surface area (Å²) in [4.78, 5) is 17.4. The van der Waals surface area contributed by atoms with E-state index in [1.807, 2.05) is 6.92 Å². The maximum atomic E-state index is 11.8. The number of nitrogens with one attached hydrogen (secondary N) is 1. The van der Waals surface area contributed by atoms with Crippen LogP contribution < -0.4 is 0 Å². The largest absolute Gasteiger partial charge is 0.333 e. The van der Waals surface area contributed by atoms with Gasteiger partial charge in [-0.1, -0.05) is 4.49 Å². The lowest BCUT2D eigenvalue weighted by atomic mass is 10.4. The van der Waals surface area contributed by atoms with Gasteiger partial charge in [0.2, 0.25) is 0 Å². The Bertz CT molecular complexity index is 478. The van der Waals surface area contributed by atoms with Crippen LogP contribution in [0.1, 0.15) is 22.1 Å². The van der Waals surface area contributed by atoms with Crippen LogP contribution in [-0.2, 0) is 6.54 Å². The number of H-pyrrole nitrogens is 1. The number of rotatable bonds is 3. The van der Waals surface area contributed by atoms with Crippen LogP contribution >= 0.6 is 11.5 Å². The number of aryl methyl sites for hydroxylation is 1. The number of nitrogens with zero attached hydrogens (tertiary/aromatic N) is 5. The normalized spacial score (nSPS) is 10.4. The Hall–Kier alpha value is -1.83. The Morgan fingerprint density at radius 3 is 3.00 bits per heavy atom. The van der Waals surface area contributed by atoms with Gasteiger partial charge in [-0.3, -0.25) is 9.89 Å². The first-order valence-electron chi connectivity index (χ1n) is 4.57. The molecule has 0 spiro atoms. The van der Waals surface area contributed by atoms with E-state index in [9.17, 15) is 4.79 Å². The average Bonchev–Trinajstić information content (AvgIpc) is 2.88. The van der Waals surface area contributed by atoms with Crippen molar-refractivity contribution in [3.8, 4) is 0 Å². The minimum atomic E-state index is -0.184. The Balaban J connectivity index is 2.03. The van der Waals surface area contributed by atoms with Gasteiger partial charge in [0.15, 0.2) is 11.5 Å². The Morgan fingerprint density at radius 2 is 2.44 bits per heavy atom. The number of aromatic amines is 1. The summed E-state index contributed by atoms with van der Waals surface area (Å²) >= 11 is 1.15. The zero-order chi connectivity index (χ0) is 11.5. The van der Waals surface area contributed by atoms with Gasteiger partial charge < -0.3 is 4.90 Å². The number of hydrogen-bond acceptors (Lipinski definition) is 6. The lowest BCUT2D eigenvalue weighted by Gasteiger charge is -2.12. The quantitative estimate of drug-likeness (QED) is 0.827. The highest BCUT2D eigenvalue weighted by Gasteiger charge is 2.16. The van der Waals surface area contributed by atoms with E-state index in [0.29, 0.717) is 18.1 Å². The van der Waals surface area contributed by atoms with E-state index in [1.165, 1.54) is 4.90 Å². The lowest BCUT2D eigenvalue weighted by molar-refractivity contribution is 0.0776. The second-order valence-electron chi connectivity index (χ2n) is 3.29. The third-order valence-electron chi connectivity index (χ3n) is 1.95. The first-order chi connectivity index (χ1) is 7.66. The molecule has 1 N–H and O–H groups in total. The number of hydrogen-bond donors (Lipinski definition) is 1. The number of carbonyl (C=O) groups is 1. The highest BCUT2D eigenvalue weighted by Crippen LogP contribution is 2.04. The lowest BCUT2D eigenvalue weighted by Crippen LogP contribution is -2.27. The standard InChI is InChI=1S/C8H10N6OS/c1-5-9-7(12-10-5)3-14(2)8(15)6-4-16-13-11-6/h4H,3H2,1-2H3,(H,9,10,12). The van der Waals surface area contributed by atoms with E-state index in [4.69, 9.17) is 0 Å². The van der Waals surface area contributed by atoms with Gasteiger partial charge in [0.05, 0.1) is 6.54 Å². The third-order valence-corrected chi connectivity index (χ3v) is 2.45. The van der Waals surface area contributed by atoms with Crippen molar-refractivity contribution in [3.05, 3.63) is 22.7 Å². The molecule has 0 aromatic carbocycles. The van der Waals surface area contributed by atoms with Gasteiger partial charge in [-0.05, 0) is 18.5 Å². The highest BCUT2D eigenvalue weighted by molar-refractivity contribution is 7.03. The molecule has 16 heavy (non-hydrogen) atoms. The van der Waals surface area contributed by atoms with Crippen molar-refractivity contribution >= 4 is 17.4 Å². The molecule has 0 atom stereocenters. The van der Waals surface area contributed by atoms with Gasteiger partial charge in [-0.15, -0.1) is 5.10 Å². The summed E-state index contributed by atoms with van der Waals surface area (Å²) < 4.78 is 3.64. The summed E-state index contributed by atoms with van der Waals surface area (Å²) in [6.45, 7) is 2.16. The summed E-state index contributed by atoms with van der Waals surface area (Å²) in [7, 11) is 1.67. The molecule has 0 unspecified atom stereocenters. The first-order valence-corrected chi connectivity index (χ1v) is 5.41. The van der Waals surface area contributed by atoms with E-state index < -0.39 is 0 Å². The van der Waals surface area contributed by atoms with Crippen LogP contribution in [0.4, 0.5) is 0 Å². The van der Waals surface area contributed by atoms with Gasteiger partial charge in [0.25, 0.3) is 5.91 Å². The number of amides is 1. The molecule has 84 valence electrons.